The second kappa shape index (κ2) is 6.52. The Labute approximate surface area is 151 Å². The third-order valence-corrected chi connectivity index (χ3v) is 4.12. The highest BCUT2D eigenvalue weighted by Crippen LogP contribution is 2.25. The van der Waals surface area contributed by atoms with Crippen LogP contribution in [0.1, 0.15) is 11.4 Å². The summed E-state index contributed by atoms with van der Waals surface area (Å²) in [5.74, 6) is 0.223. The molecule has 2 aromatic carbocycles. The van der Waals surface area contributed by atoms with E-state index >= 15 is 0 Å². The van der Waals surface area contributed by atoms with Crippen LogP contribution in [0.5, 0.6) is 0 Å². The van der Waals surface area contributed by atoms with Crippen molar-refractivity contribution in [1.82, 2.24) is 19.7 Å². The van der Waals surface area contributed by atoms with Crippen molar-refractivity contribution < 1.29 is 4.39 Å². The van der Waals surface area contributed by atoms with Gasteiger partial charge in [0.05, 0.1) is 17.1 Å². The smallest absolute Gasteiger partial charge is 0.211 e. The number of nitrogens with zero attached hydrogens (tertiary/aromatic N) is 4. The molecule has 0 bridgehead atoms. The number of hydrogen-bond acceptors (Lipinski definition) is 3. The summed E-state index contributed by atoms with van der Waals surface area (Å²) in [6.45, 7) is 3.90. The molecule has 0 spiro atoms. The zero-order valence-electron chi connectivity index (χ0n) is 14.5. The maximum absolute atomic E-state index is 13.3. The van der Waals surface area contributed by atoms with Crippen LogP contribution in [0.2, 0.25) is 0 Å². The highest BCUT2D eigenvalue weighted by molar-refractivity contribution is 5.68. The molecule has 0 amide bonds. The van der Waals surface area contributed by atoms with Crippen molar-refractivity contribution in [3.05, 3.63) is 83.9 Å². The van der Waals surface area contributed by atoms with Gasteiger partial charge < -0.3 is 0 Å². The molecule has 0 aliphatic carbocycles. The first kappa shape index (κ1) is 16.1. The van der Waals surface area contributed by atoms with Crippen LogP contribution in [0.15, 0.2) is 66.7 Å². The molecule has 2 aromatic heterocycles. The Kier molecular flexibility index (Phi) is 4.05. The normalized spacial score (nSPS) is 10.9. The molecule has 4 aromatic rings. The zero-order valence-corrected chi connectivity index (χ0v) is 14.5. The van der Waals surface area contributed by atoms with E-state index in [2.05, 4.69) is 10.1 Å². The van der Waals surface area contributed by atoms with Crippen LogP contribution in [0.3, 0.4) is 0 Å². The molecule has 0 atom stereocenters. The first-order valence-electron chi connectivity index (χ1n) is 8.34. The van der Waals surface area contributed by atoms with Crippen molar-refractivity contribution in [3.63, 3.8) is 0 Å². The van der Waals surface area contributed by atoms with E-state index in [1.54, 1.807) is 16.8 Å². The minimum atomic E-state index is -0.273. The summed E-state index contributed by atoms with van der Waals surface area (Å²) in [6.07, 6.45) is 0. The summed E-state index contributed by atoms with van der Waals surface area (Å²) < 4.78 is 15.0. The van der Waals surface area contributed by atoms with E-state index in [0.29, 0.717) is 5.95 Å². The molecule has 0 saturated heterocycles. The maximum atomic E-state index is 13.3. The Balaban J connectivity index is 1.92. The van der Waals surface area contributed by atoms with Gasteiger partial charge in [-0.25, -0.2) is 19.0 Å². The van der Waals surface area contributed by atoms with E-state index in [-0.39, 0.29) is 5.82 Å². The molecule has 0 aliphatic rings. The van der Waals surface area contributed by atoms with E-state index in [0.717, 1.165) is 33.9 Å². The molecule has 4 rings (SSSR count). The van der Waals surface area contributed by atoms with Crippen molar-refractivity contribution in [2.75, 3.05) is 0 Å². The molecule has 26 heavy (non-hydrogen) atoms. The molecule has 128 valence electrons. The Bertz CT molecular complexity index is 1050. The van der Waals surface area contributed by atoms with Crippen molar-refractivity contribution in [3.8, 4) is 28.5 Å². The quantitative estimate of drug-likeness (QED) is 0.538. The second-order valence-corrected chi connectivity index (χ2v) is 6.15. The van der Waals surface area contributed by atoms with Crippen LogP contribution < -0.4 is 0 Å². The Morgan fingerprint density at radius 1 is 0.769 bits per heavy atom. The number of halogens is 1. The largest absolute Gasteiger partial charge is 0.251 e. The summed E-state index contributed by atoms with van der Waals surface area (Å²) in [5, 5.41) is 4.50. The lowest BCUT2D eigenvalue weighted by atomic mass is 10.1. The molecule has 2 heterocycles. The SMILES string of the molecule is Cc1cc(C)n(-c2nc(-c3ccccc3)cc(-c3ccc(F)cc3)n2)n1. The fraction of sp³-hybridized carbons (Fsp3) is 0.0952. The van der Waals surface area contributed by atoms with Gasteiger partial charge in [0.15, 0.2) is 0 Å². The fourth-order valence-electron chi connectivity index (χ4n) is 2.89. The summed E-state index contributed by atoms with van der Waals surface area (Å²) in [5.41, 5.74) is 5.19. The number of aryl methyl sites for hydroxylation is 2. The van der Waals surface area contributed by atoms with Gasteiger partial charge in [0.1, 0.15) is 5.82 Å². The zero-order chi connectivity index (χ0) is 18.1. The molecule has 5 heteroatoms. The lowest BCUT2D eigenvalue weighted by Gasteiger charge is -2.10. The van der Waals surface area contributed by atoms with Gasteiger partial charge in [-0.05, 0) is 50.2 Å². The van der Waals surface area contributed by atoms with Gasteiger partial charge >= 0.3 is 0 Å². The molecule has 4 nitrogen and oxygen atoms in total. The molecule has 0 aliphatic heterocycles. The van der Waals surface area contributed by atoms with E-state index in [1.807, 2.05) is 56.3 Å². The highest BCUT2D eigenvalue weighted by Gasteiger charge is 2.12. The molecule has 0 saturated carbocycles. The predicted octanol–water partition coefficient (Wildman–Crippen LogP) is 4.75. The predicted molar refractivity (Wildman–Crippen MR) is 99.5 cm³/mol. The van der Waals surface area contributed by atoms with E-state index in [1.165, 1.54) is 12.1 Å². The topological polar surface area (TPSA) is 43.6 Å². The first-order chi connectivity index (χ1) is 12.6. The van der Waals surface area contributed by atoms with E-state index in [4.69, 9.17) is 4.98 Å². The summed E-state index contributed by atoms with van der Waals surface area (Å²) >= 11 is 0. The van der Waals surface area contributed by atoms with Gasteiger partial charge in [-0.15, -0.1) is 0 Å². The van der Waals surface area contributed by atoms with Gasteiger partial charge in [0.25, 0.3) is 5.95 Å². The summed E-state index contributed by atoms with van der Waals surface area (Å²) in [4.78, 5) is 9.38. The highest BCUT2D eigenvalue weighted by atomic mass is 19.1. The van der Waals surface area contributed by atoms with Gasteiger partial charge in [-0.2, -0.15) is 5.10 Å². The third-order valence-electron chi connectivity index (χ3n) is 4.12. The molecule has 0 radical (unpaired) electrons. The van der Waals surface area contributed by atoms with Crippen molar-refractivity contribution in [2.45, 2.75) is 13.8 Å². The molecular formula is C21H17FN4. The number of hydrogen-bond donors (Lipinski definition) is 0. The summed E-state index contributed by atoms with van der Waals surface area (Å²) in [7, 11) is 0. The monoisotopic (exact) mass is 344 g/mol. The van der Waals surface area contributed by atoms with Crippen molar-refractivity contribution in [2.24, 2.45) is 0 Å². The molecule has 0 unspecified atom stereocenters. The number of aromatic nitrogens is 4. The average molecular weight is 344 g/mol. The van der Waals surface area contributed by atoms with Crippen molar-refractivity contribution >= 4 is 0 Å². The van der Waals surface area contributed by atoms with Gasteiger partial charge in [0.2, 0.25) is 0 Å². The van der Waals surface area contributed by atoms with Gasteiger partial charge in [0, 0.05) is 16.8 Å². The minimum Gasteiger partial charge on any atom is -0.211 e. The van der Waals surface area contributed by atoms with Crippen LogP contribution in [-0.2, 0) is 0 Å². The lowest BCUT2D eigenvalue weighted by Crippen LogP contribution is -2.07. The summed E-state index contributed by atoms with van der Waals surface area (Å²) in [6, 6.07) is 20.1. The van der Waals surface area contributed by atoms with Crippen LogP contribution >= 0.6 is 0 Å². The van der Waals surface area contributed by atoms with Gasteiger partial charge in [-0.1, -0.05) is 30.3 Å². The standard InChI is InChI=1S/C21H17FN4/c1-14-12-15(2)26(25-14)21-23-19(16-6-4-3-5-7-16)13-20(24-21)17-8-10-18(22)11-9-17/h3-13H,1-2H3. The molecule has 0 N–H and O–H groups in total. The Hall–Kier alpha value is -3.34. The minimum absolute atomic E-state index is 0.273. The van der Waals surface area contributed by atoms with Crippen LogP contribution in [0.4, 0.5) is 4.39 Å². The maximum Gasteiger partial charge on any atom is 0.251 e. The first-order valence-corrected chi connectivity index (χ1v) is 8.34. The van der Waals surface area contributed by atoms with Crippen molar-refractivity contribution in [1.29, 1.82) is 0 Å². The number of benzene rings is 2. The third kappa shape index (κ3) is 3.11. The second-order valence-electron chi connectivity index (χ2n) is 6.15. The fourth-order valence-corrected chi connectivity index (χ4v) is 2.89. The van der Waals surface area contributed by atoms with Crippen LogP contribution in [0, 0.1) is 19.7 Å². The number of rotatable bonds is 3. The van der Waals surface area contributed by atoms with Crippen LogP contribution in [0.25, 0.3) is 28.5 Å². The van der Waals surface area contributed by atoms with Crippen LogP contribution in [-0.4, -0.2) is 19.7 Å². The average Bonchev–Trinajstić information content (AvgIpc) is 3.01. The Morgan fingerprint density at radius 2 is 1.38 bits per heavy atom. The molecule has 0 fully saturated rings. The lowest BCUT2D eigenvalue weighted by molar-refractivity contribution is 0.628. The van der Waals surface area contributed by atoms with E-state index < -0.39 is 0 Å². The molecular weight excluding hydrogens is 327 g/mol. The Morgan fingerprint density at radius 3 is 1.96 bits per heavy atom. The van der Waals surface area contributed by atoms with E-state index in [9.17, 15) is 4.39 Å². The van der Waals surface area contributed by atoms with Gasteiger partial charge in [-0.3, -0.25) is 0 Å².